The highest BCUT2D eigenvalue weighted by atomic mass is 35.5. The normalized spacial score (nSPS) is 16.2. The third-order valence-electron chi connectivity index (χ3n) is 3.62. The van der Waals surface area contributed by atoms with Crippen LogP contribution in [0.2, 0.25) is 0 Å². The van der Waals surface area contributed by atoms with Crippen molar-refractivity contribution in [1.29, 1.82) is 0 Å². The quantitative estimate of drug-likeness (QED) is 0.868. The molecule has 1 atom stereocenters. The Morgan fingerprint density at radius 2 is 1.96 bits per heavy atom. The molecule has 7 heteroatoms. The summed E-state index contributed by atoms with van der Waals surface area (Å²) >= 11 is 0. The van der Waals surface area contributed by atoms with Crippen LogP contribution in [0.25, 0.3) is 0 Å². The number of pyridine rings is 1. The number of nitrogens with zero attached hydrogens (tertiary/aromatic N) is 1. The minimum absolute atomic E-state index is 0. The van der Waals surface area contributed by atoms with E-state index in [0.717, 1.165) is 25.9 Å². The SMILES string of the molecule is Cl.Cl.O=C(NC1CCCNC1)c1ccc(Oc2cccnc2)cc1. The molecule has 1 fully saturated rings. The van der Waals surface area contributed by atoms with Crippen LogP contribution in [0.5, 0.6) is 11.5 Å². The smallest absolute Gasteiger partial charge is 0.251 e. The maximum absolute atomic E-state index is 12.2. The molecule has 0 radical (unpaired) electrons. The largest absolute Gasteiger partial charge is 0.456 e. The van der Waals surface area contributed by atoms with Gasteiger partial charge in [-0.3, -0.25) is 9.78 Å². The zero-order valence-corrected chi connectivity index (χ0v) is 14.7. The lowest BCUT2D eigenvalue weighted by Gasteiger charge is -2.23. The summed E-state index contributed by atoms with van der Waals surface area (Å²) in [6, 6.07) is 11.0. The molecule has 2 aromatic rings. The maximum atomic E-state index is 12.2. The van der Waals surface area contributed by atoms with Crippen LogP contribution >= 0.6 is 24.8 Å². The predicted molar refractivity (Wildman–Crippen MR) is 98.6 cm³/mol. The first-order valence-electron chi connectivity index (χ1n) is 7.51. The van der Waals surface area contributed by atoms with Crippen molar-refractivity contribution in [1.82, 2.24) is 15.6 Å². The first-order valence-corrected chi connectivity index (χ1v) is 7.51. The molecule has 1 aliphatic rings. The molecule has 3 rings (SSSR count). The lowest BCUT2D eigenvalue weighted by atomic mass is 10.1. The highest BCUT2D eigenvalue weighted by Gasteiger charge is 2.16. The minimum Gasteiger partial charge on any atom is -0.456 e. The first kappa shape index (κ1) is 20.2. The van der Waals surface area contributed by atoms with Crippen molar-refractivity contribution in [2.45, 2.75) is 18.9 Å². The number of benzene rings is 1. The highest BCUT2D eigenvalue weighted by molar-refractivity contribution is 5.94. The van der Waals surface area contributed by atoms with Gasteiger partial charge in [-0.15, -0.1) is 24.8 Å². The Morgan fingerprint density at radius 3 is 2.58 bits per heavy atom. The van der Waals surface area contributed by atoms with Crippen molar-refractivity contribution in [3.63, 3.8) is 0 Å². The second-order valence-corrected chi connectivity index (χ2v) is 5.33. The van der Waals surface area contributed by atoms with Gasteiger partial charge in [0.25, 0.3) is 5.91 Å². The fourth-order valence-corrected chi connectivity index (χ4v) is 2.46. The number of ether oxygens (including phenoxy) is 1. The first-order chi connectivity index (χ1) is 10.8. The van der Waals surface area contributed by atoms with Gasteiger partial charge in [0.15, 0.2) is 0 Å². The molecule has 1 aromatic heterocycles. The van der Waals surface area contributed by atoms with Gasteiger partial charge in [-0.2, -0.15) is 0 Å². The number of piperidine rings is 1. The number of hydrogen-bond donors (Lipinski definition) is 2. The van der Waals surface area contributed by atoms with Crippen LogP contribution in [-0.2, 0) is 0 Å². The molecule has 0 spiro atoms. The molecule has 1 saturated heterocycles. The summed E-state index contributed by atoms with van der Waals surface area (Å²) < 4.78 is 5.66. The Labute approximate surface area is 154 Å². The number of rotatable bonds is 4. The van der Waals surface area contributed by atoms with Crippen molar-refractivity contribution in [3.05, 3.63) is 54.4 Å². The van der Waals surface area contributed by atoms with E-state index in [9.17, 15) is 4.79 Å². The number of nitrogens with one attached hydrogen (secondary N) is 2. The molecule has 0 bridgehead atoms. The van der Waals surface area contributed by atoms with E-state index in [1.54, 1.807) is 36.7 Å². The third kappa shape index (κ3) is 5.67. The van der Waals surface area contributed by atoms with Gasteiger partial charge in [0.1, 0.15) is 11.5 Å². The number of carbonyl (C=O) groups is 1. The lowest BCUT2D eigenvalue weighted by molar-refractivity contribution is 0.0930. The van der Waals surface area contributed by atoms with Crippen molar-refractivity contribution in [2.75, 3.05) is 13.1 Å². The van der Waals surface area contributed by atoms with Crippen molar-refractivity contribution in [2.24, 2.45) is 0 Å². The molecule has 130 valence electrons. The Bertz CT molecular complexity index is 617. The number of hydrogen-bond acceptors (Lipinski definition) is 4. The molecular weight excluding hydrogens is 349 g/mol. The Balaban J connectivity index is 0.00000144. The molecule has 0 aliphatic carbocycles. The van der Waals surface area contributed by atoms with Gasteiger partial charge in [0.2, 0.25) is 0 Å². The molecule has 2 heterocycles. The fraction of sp³-hybridized carbons (Fsp3) is 0.294. The third-order valence-corrected chi connectivity index (χ3v) is 3.62. The van der Waals surface area contributed by atoms with Gasteiger partial charge in [-0.25, -0.2) is 0 Å². The monoisotopic (exact) mass is 369 g/mol. The lowest BCUT2D eigenvalue weighted by Crippen LogP contribution is -2.45. The van der Waals surface area contributed by atoms with E-state index in [1.807, 2.05) is 12.1 Å². The fourth-order valence-electron chi connectivity index (χ4n) is 2.46. The van der Waals surface area contributed by atoms with Gasteiger partial charge in [0, 0.05) is 24.3 Å². The second-order valence-electron chi connectivity index (χ2n) is 5.33. The van der Waals surface area contributed by atoms with Crippen LogP contribution in [0.3, 0.4) is 0 Å². The van der Waals surface area contributed by atoms with Crippen LogP contribution in [0.1, 0.15) is 23.2 Å². The van der Waals surface area contributed by atoms with E-state index < -0.39 is 0 Å². The second kappa shape index (κ2) is 10.1. The summed E-state index contributed by atoms with van der Waals surface area (Å²) in [6.07, 6.45) is 5.47. The van der Waals surface area contributed by atoms with Crippen molar-refractivity contribution in [3.8, 4) is 11.5 Å². The molecule has 1 aromatic carbocycles. The van der Waals surface area contributed by atoms with Crippen LogP contribution in [0.4, 0.5) is 0 Å². The topological polar surface area (TPSA) is 63.2 Å². The molecule has 1 unspecified atom stereocenters. The zero-order valence-electron chi connectivity index (χ0n) is 13.1. The Hall–Kier alpha value is -1.82. The van der Waals surface area contributed by atoms with Crippen LogP contribution in [0.15, 0.2) is 48.8 Å². The van der Waals surface area contributed by atoms with Crippen molar-refractivity contribution < 1.29 is 9.53 Å². The van der Waals surface area contributed by atoms with E-state index in [0.29, 0.717) is 17.1 Å². The Morgan fingerprint density at radius 1 is 1.17 bits per heavy atom. The van der Waals surface area contributed by atoms with Gasteiger partial charge in [-0.1, -0.05) is 0 Å². The van der Waals surface area contributed by atoms with Gasteiger partial charge < -0.3 is 15.4 Å². The van der Waals surface area contributed by atoms with E-state index >= 15 is 0 Å². The summed E-state index contributed by atoms with van der Waals surface area (Å²) in [6.45, 7) is 1.88. The van der Waals surface area contributed by atoms with E-state index in [-0.39, 0.29) is 36.8 Å². The van der Waals surface area contributed by atoms with Crippen molar-refractivity contribution >= 4 is 30.7 Å². The van der Waals surface area contributed by atoms with Gasteiger partial charge >= 0.3 is 0 Å². The van der Waals surface area contributed by atoms with Gasteiger partial charge in [0.05, 0.1) is 6.20 Å². The molecular formula is C17H21Cl2N3O2. The van der Waals surface area contributed by atoms with Crippen LogP contribution < -0.4 is 15.4 Å². The molecule has 0 saturated carbocycles. The van der Waals surface area contributed by atoms with Gasteiger partial charge in [-0.05, 0) is 55.8 Å². The average molecular weight is 370 g/mol. The zero-order chi connectivity index (χ0) is 15.2. The average Bonchev–Trinajstić information content (AvgIpc) is 2.57. The van der Waals surface area contributed by atoms with E-state index in [2.05, 4.69) is 15.6 Å². The standard InChI is InChI=1S/C17H19N3O2.2ClH/c21-17(20-14-3-1-9-18-11-14)13-5-7-15(8-6-13)22-16-4-2-10-19-12-16;;/h2,4-8,10,12,14,18H,1,3,9,11H2,(H,20,21);2*1H. The maximum Gasteiger partial charge on any atom is 0.251 e. The van der Waals surface area contributed by atoms with Crippen LogP contribution in [0, 0.1) is 0 Å². The summed E-state index contributed by atoms with van der Waals surface area (Å²) in [5, 5.41) is 6.34. The number of halogens is 2. The van der Waals surface area contributed by atoms with Crippen LogP contribution in [-0.4, -0.2) is 30.0 Å². The number of aromatic nitrogens is 1. The molecule has 24 heavy (non-hydrogen) atoms. The highest BCUT2D eigenvalue weighted by Crippen LogP contribution is 2.20. The minimum atomic E-state index is -0.0402. The summed E-state index contributed by atoms with van der Waals surface area (Å²) in [7, 11) is 0. The van der Waals surface area contributed by atoms with E-state index in [4.69, 9.17) is 4.74 Å². The molecule has 1 aliphatic heterocycles. The molecule has 5 nitrogen and oxygen atoms in total. The summed E-state index contributed by atoms with van der Waals surface area (Å²) in [5.41, 5.74) is 0.643. The predicted octanol–water partition coefficient (Wildman–Crippen LogP) is 3.20. The summed E-state index contributed by atoms with van der Waals surface area (Å²) in [5.74, 6) is 1.32. The molecule has 1 amide bonds. The summed E-state index contributed by atoms with van der Waals surface area (Å²) in [4.78, 5) is 16.2. The number of carbonyl (C=O) groups excluding carboxylic acids is 1. The molecule has 2 N–H and O–H groups in total. The van der Waals surface area contributed by atoms with E-state index in [1.165, 1.54) is 0 Å². The number of amides is 1. The Kier molecular flexibility index (Phi) is 8.54.